The quantitative estimate of drug-likeness (QED) is 0.241. The van der Waals surface area contributed by atoms with Gasteiger partial charge in [0.2, 0.25) is 5.88 Å². The third kappa shape index (κ3) is 5.89. The second kappa shape index (κ2) is 10.2. The molecule has 3 heterocycles. The summed E-state index contributed by atoms with van der Waals surface area (Å²) in [5, 5.41) is 12.2. The number of pyridine rings is 1. The maximum Gasteiger partial charge on any atom is 0.263 e. The van der Waals surface area contributed by atoms with E-state index < -0.39 is 10.0 Å². The van der Waals surface area contributed by atoms with Crippen molar-refractivity contribution >= 4 is 38.2 Å². The first-order chi connectivity index (χ1) is 18.7. The molecule has 2 aromatic heterocycles. The molecule has 1 fully saturated rings. The van der Waals surface area contributed by atoms with Crippen LogP contribution in [0, 0.1) is 6.92 Å². The fourth-order valence-electron chi connectivity index (χ4n) is 5.59. The van der Waals surface area contributed by atoms with Gasteiger partial charge in [-0.2, -0.15) is 5.10 Å². The Morgan fingerprint density at radius 2 is 1.70 bits per heavy atom. The molecule has 2 aromatic carbocycles. The Balaban J connectivity index is 1.43. The molecule has 4 aromatic rings. The van der Waals surface area contributed by atoms with Gasteiger partial charge >= 0.3 is 0 Å². The highest BCUT2D eigenvalue weighted by molar-refractivity contribution is 7.92. The molecular weight excluding hydrogens is 550 g/mol. The van der Waals surface area contributed by atoms with Crippen LogP contribution in [0.15, 0.2) is 53.4 Å². The summed E-state index contributed by atoms with van der Waals surface area (Å²) in [5.74, 6) is 0.930. The molecule has 0 bridgehead atoms. The molecule has 9 nitrogen and oxygen atoms in total. The number of piperidine rings is 1. The van der Waals surface area contributed by atoms with Crippen molar-refractivity contribution in [3.63, 3.8) is 0 Å². The number of rotatable bonds is 7. The average molecular weight is 584 g/mol. The lowest BCUT2D eigenvalue weighted by molar-refractivity contribution is 0.0541. The van der Waals surface area contributed by atoms with E-state index in [2.05, 4.69) is 47.9 Å². The normalized spacial score (nSPS) is 17.1. The van der Waals surface area contributed by atoms with E-state index in [1.807, 2.05) is 13.0 Å². The molecule has 0 saturated carbocycles. The number of nitrogens with zero attached hydrogens (tertiary/aromatic N) is 2. The number of fused-ring (bicyclic) bond motifs is 1. The van der Waals surface area contributed by atoms with Crippen LogP contribution in [0.5, 0.6) is 11.6 Å². The lowest BCUT2D eigenvalue weighted by Crippen LogP contribution is -2.60. The van der Waals surface area contributed by atoms with E-state index in [0.29, 0.717) is 23.0 Å². The number of H-pyrrole nitrogens is 1. The number of benzene rings is 2. The van der Waals surface area contributed by atoms with Crippen molar-refractivity contribution in [3.8, 4) is 22.9 Å². The molecule has 1 saturated heterocycles. The summed E-state index contributed by atoms with van der Waals surface area (Å²) < 4.78 is 40.4. The van der Waals surface area contributed by atoms with Crippen LogP contribution in [-0.4, -0.2) is 47.9 Å². The predicted molar refractivity (Wildman–Crippen MR) is 158 cm³/mol. The van der Waals surface area contributed by atoms with Crippen molar-refractivity contribution in [1.82, 2.24) is 20.5 Å². The van der Waals surface area contributed by atoms with Gasteiger partial charge in [0, 0.05) is 46.9 Å². The number of aromatic amines is 1. The van der Waals surface area contributed by atoms with Crippen LogP contribution < -0.4 is 19.5 Å². The molecule has 5 rings (SSSR count). The van der Waals surface area contributed by atoms with Crippen molar-refractivity contribution in [3.05, 3.63) is 59.2 Å². The molecular formula is C29H34ClN5O4S. The number of hydrogen-bond acceptors (Lipinski definition) is 7. The monoisotopic (exact) mass is 583 g/mol. The smallest absolute Gasteiger partial charge is 0.263 e. The van der Waals surface area contributed by atoms with Crippen molar-refractivity contribution in [1.29, 1.82) is 0 Å². The molecule has 1 aliphatic rings. The minimum Gasteiger partial charge on any atom is -0.497 e. The lowest BCUT2D eigenvalue weighted by Gasteiger charge is -2.46. The van der Waals surface area contributed by atoms with Crippen molar-refractivity contribution in [2.75, 3.05) is 11.8 Å². The number of methoxy groups -OCH3 is 1. The second-order valence-corrected chi connectivity index (χ2v) is 13.6. The van der Waals surface area contributed by atoms with Gasteiger partial charge in [-0.3, -0.25) is 9.82 Å². The number of hydrogen-bond donors (Lipinski definition) is 3. The summed E-state index contributed by atoms with van der Waals surface area (Å²) in [5.41, 5.74) is 3.34. The highest BCUT2D eigenvalue weighted by Gasteiger charge is 2.39. The summed E-state index contributed by atoms with van der Waals surface area (Å²) >= 11 is 6.17. The molecule has 0 spiro atoms. The van der Waals surface area contributed by atoms with E-state index in [1.165, 1.54) is 19.2 Å². The minimum atomic E-state index is -3.94. The molecule has 0 aliphatic carbocycles. The van der Waals surface area contributed by atoms with Gasteiger partial charge in [0.05, 0.1) is 28.7 Å². The van der Waals surface area contributed by atoms with E-state index in [0.717, 1.165) is 35.0 Å². The van der Waals surface area contributed by atoms with Crippen LogP contribution in [0.25, 0.3) is 22.2 Å². The molecule has 11 heteroatoms. The number of aryl methyl sites for hydroxylation is 1. The number of anilines is 1. The van der Waals surface area contributed by atoms with Gasteiger partial charge in [-0.25, -0.2) is 13.4 Å². The highest BCUT2D eigenvalue weighted by Crippen LogP contribution is 2.36. The standard InChI is InChI=1S/C29H34ClN5O4S/c1-17-26-24(33-32-17)14-23(31-27(26)39-21-15-28(2,3)35-29(4,5)16-21)18-7-9-19(10-8-18)34-40(36,37)25-13-20(38-6)11-12-22(25)30/h7-14,21,34-35H,15-16H2,1-6H3,(H,32,33). The van der Waals surface area contributed by atoms with Gasteiger partial charge in [-0.05, 0) is 65.0 Å². The zero-order chi connectivity index (χ0) is 28.9. The average Bonchev–Trinajstić information content (AvgIpc) is 3.23. The predicted octanol–water partition coefficient (Wildman–Crippen LogP) is 6.08. The van der Waals surface area contributed by atoms with Crippen LogP contribution >= 0.6 is 11.6 Å². The number of aromatic nitrogens is 3. The molecule has 212 valence electrons. The van der Waals surface area contributed by atoms with Crippen molar-refractivity contribution < 1.29 is 17.9 Å². The van der Waals surface area contributed by atoms with Gasteiger partial charge in [0.15, 0.2) is 0 Å². The summed E-state index contributed by atoms with van der Waals surface area (Å²) in [4.78, 5) is 4.84. The number of sulfonamides is 1. The molecule has 40 heavy (non-hydrogen) atoms. The highest BCUT2D eigenvalue weighted by atomic mass is 35.5. The second-order valence-electron chi connectivity index (χ2n) is 11.6. The van der Waals surface area contributed by atoms with E-state index in [4.69, 9.17) is 26.1 Å². The van der Waals surface area contributed by atoms with Crippen molar-refractivity contribution in [2.24, 2.45) is 0 Å². The Bertz CT molecular complexity index is 1650. The van der Waals surface area contributed by atoms with E-state index in [1.54, 1.807) is 30.3 Å². The Morgan fingerprint density at radius 1 is 1.02 bits per heavy atom. The number of nitrogens with one attached hydrogen (secondary N) is 3. The number of ether oxygens (including phenoxy) is 2. The van der Waals surface area contributed by atoms with E-state index >= 15 is 0 Å². The largest absolute Gasteiger partial charge is 0.497 e. The summed E-state index contributed by atoms with van der Waals surface area (Å²) in [7, 11) is -2.48. The van der Waals surface area contributed by atoms with Crippen LogP contribution in [-0.2, 0) is 10.0 Å². The zero-order valence-electron chi connectivity index (χ0n) is 23.4. The molecule has 0 unspecified atom stereocenters. The molecule has 3 N–H and O–H groups in total. The minimum absolute atomic E-state index is 0.0216. The Labute approximate surface area is 239 Å². The van der Waals surface area contributed by atoms with Crippen molar-refractivity contribution in [2.45, 2.75) is 69.5 Å². The van der Waals surface area contributed by atoms with Gasteiger partial charge in [0.25, 0.3) is 10.0 Å². The molecule has 1 aliphatic heterocycles. The first kappa shape index (κ1) is 28.2. The maximum atomic E-state index is 13.0. The Morgan fingerprint density at radius 3 is 2.35 bits per heavy atom. The SMILES string of the molecule is COc1ccc(Cl)c(S(=O)(=O)Nc2ccc(-c3cc4n[nH]c(C)c4c(OC4CC(C)(C)NC(C)(C)C4)n3)cc2)c1. The summed E-state index contributed by atoms with van der Waals surface area (Å²) in [6, 6.07) is 13.3. The lowest BCUT2D eigenvalue weighted by atomic mass is 9.81. The fourth-order valence-corrected chi connectivity index (χ4v) is 7.16. The van der Waals surface area contributed by atoms with Crippen LogP contribution in [0.1, 0.15) is 46.2 Å². The van der Waals surface area contributed by atoms with Gasteiger partial charge < -0.3 is 14.8 Å². The van der Waals surface area contributed by atoms with Crippen LogP contribution in [0.3, 0.4) is 0 Å². The Kier molecular flexibility index (Phi) is 7.22. The van der Waals surface area contributed by atoms with E-state index in [9.17, 15) is 8.42 Å². The maximum absolute atomic E-state index is 13.0. The molecule has 0 atom stereocenters. The Hall–Kier alpha value is -3.34. The zero-order valence-corrected chi connectivity index (χ0v) is 25.0. The first-order valence-electron chi connectivity index (χ1n) is 13.0. The first-order valence-corrected chi connectivity index (χ1v) is 14.9. The van der Waals surface area contributed by atoms with Gasteiger partial charge in [-0.1, -0.05) is 23.7 Å². The molecule has 0 amide bonds. The third-order valence-corrected chi connectivity index (χ3v) is 8.84. The van der Waals surface area contributed by atoms with Crippen LogP contribution in [0.2, 0.25) is 5.02 Å². The van der Waals surface area contributed by atoms with Crippen LogP contribution in [0.4, 0.5) is 5.69 Å². The van der Waals surface area contributed by atoms with Gasteiger partial charge in [-0.15, -0.1) is 0 Å². The van der Waals surface area contributed by atoms with Gasteiger partial charge in [0.1, 0.15) is 16.7 Å². The summed E-state index contributed by atoms with van der Waals surface area (Å²) in [6.07, 6.45) is 1.66. The molecule has 0 radical (unpaired) electrons. The van der Waals surface area contributed by atoms with E-state index in [-0.39, 0.29) is 27.1 Å². The fraction of sp³-hybridized carbons (Fsp3) is 0.379. The summed E-state index contributed by atoms with van der Waals surface area (Å²) in [6.45, 7) is 10.7. The topological polar surface area (TPSA) is 118 Å². The number of halogens is 1. The third-order valence-electron chi connectivity index (χ3n) is 6.98.